The zero-order valence-corrected chi connectivity index (χ0v) is 6.83. The molecule has 4 nitrogen and oxygen atoms in total. The molecule has 4 heteroatoms. The van der Waals surface area contributed by atoms with Crippen molar-refractivity contribution in [1.82, 2.24) is 0 Å². The second-order valence-corrected chi connectivity index (χ2v) is 1.60. The van der Waals surface area contributed by atoms with Gasteiger partial charge in [0.2, 0.25) is 6.29 Å². The highest BCUT2D eigenvalue weighted by molar-refractivity contribution is 5.82. The van der Waals surface area contributed by atoms with Crippen LogP contribution >= 0.6 is 0 Å². The Bertz CT molecular complexity index is 162. The second kappa shape index (κ2) is 4.60. The molecule has 64 valence electrons. The molecule has 0 aliphatic carbocycles. The number of aliphatic hydroxyl groups is 1. The van der Waals surface area contributed by atoms with Crippen molar-refractivity contribution in [2.75, 3.05) is 0 Å². The van der Waals surface area contributed by atoms with Gasteiger partial charge in [0, 0.05) is 6.92 Å². The third-order valence-corrected chi connectivity index (χ3v) is 0.810. The predicted molar refractivity (Wildman–Crippen MR) is 38.7 cm³/mol. The molecule has 1 atom stereocenters. The number of rotatable bonds is 0. The number of aliphatic hydroxyl groups excluding tert-OH is 1. The number of hydrogen-bond acceptors (Lipinski definition) is 4. The zero-order valence-electron chi connectivity index (χ0n) is 6.83. The van der Waals surface area contributed by atoms with Gasteiger partial charge in [0.15, 0.2) is 0 Å². The van der Waals surface area contributed by atoms with E-state index in [1.165, 1.54) is 6.92 Å². The molecule has 0 saturated carbocycles. The highest BCUT2D eigenvalue weighted by Crippen LogP contribution is 2.07. The number of ether oxygens (including phenoxy) is 2. The van der Waals surface area contributed by atoms with E-state index < -0.39 is 18.2 Å². The Kier molecular flexibility index (Phi) is 4.10. The van der Waals surface area contributed by atoms with E-state index in [1.807, 2.05) is 13.8 Å². The highest BCUT2D eigenvalue weighted by atomic mass is 16.7. The summed E-state index contributed by atoms with van der Waals surface area (Å²) in [4.78, 5) is 10.3. The monoisotopic (exact) mass is 160 g/mol. The van der Waals surface area contributed by atoms with Crippen LogP contribution in [0.4, 0.5) is 0 Å². The number of hydrogen-bond donors (Lipinski definition) is 1. The van der Waals surface area contributed by atoms with Gasteiger partial charge < -0.3 is 14.6 Å². The summed E-state index contributed by atoms with van der Waals surface area (Å²) >= 11 is 0. The molecule has 1 unspecified atom stereocenters. The van der Waals surface area contributed by atoms with Gasteiger partial charge in [-0.1, -0.05) is 13.8 Å². The molecular formula is C7H12O4. The van der Waals surface area contributed by atoms with Gasteiger partial charge >= 0.3 is 5.97 Å². The minimum absolute atomic E-state index is 0.390. The van der Waals surface area contributed by atoms with Crippen molar-refractivity contribution in [1.29, 1.82) is 0 Å². The Balaban J connectivity index is 0.000000461. The molecule has 0 bridgehead atoms. The lowest BCUT2D eigenvalue weighted by molar-refractivity contribution is -0.176. The summed E-state index contributed by atoms with van der Waals surface area (Å²) in [5, 5.41) is 8.59. The van der Waals surface area contributed by atoms with Crippen molar-refractivity contribution >= 4 is 5.97 Å². The molecule has 1 rings (SSSR count). The van der Waals surface area contributed by atoms with Crippen LogP contribution in [-0.4, -0.2) is 17.4 Å². The fourth-order valence-corrected chi connectivity index (χ4v) is 0.527. The standard InChI is InChI=1S/C5H6O4.C2H6/c1-3-8-4(6)2-5(7)9-3;1-2/h2-3,6H,1H3;1-2H3. The molecule has 0 aromatic rings. The van der Waals surface area contributed by atoms with E-state index in [1.54, 1.807) is 0 Å². The Morgan fingerprint density at radius 2 is 2.00 bits per heavy atom. The maximum absolute atomic E-state index is 10.3. The molecule has 1 heterocycles. The van der Waals surface area contributed by atoms with Gasteiger partial charge in [0.05, 0.1) is 0 Å². The first kappa shape index (κ1) is 9.81. The topological polar surface area (TPSA) is 55.8 Å². The minimum Gasteiger partial charge on any atom is -0.481 e. The molecule has 1 aliphatic rings. The fraction of sp³-hybridized carbons (Fsp3) is 0.571. The molecule has 11 heavy (non-hydrogen) atoms. The Morgan fingerprint density at radius 1 is 1.45 bits per heavy atom. The van der Waals surface area contributed by atoms with Crippen LogP contribution < -0.4 is 0 Å². The highest BCUT2D eigenvalue weighted by Gasteiger charge is 2.16. The number of carbonyl (C=O) groups is 1. The van der Waals surface area contributed by atoms with Crippen LogP contribution in [0.1, 0.15) is 20.8 Å². The van der Waals surface area contributed by atoms with Crippen LogP contribution in [0.25, 0.3) is 0 Å². The predicted octanol–water partition coefficient (Wildman–Crippen LogP) is 1.33. The van der Waals surface area contributed by atoms with Gasteiger partial charge in [-0.05, 0) is 0 Å². The first-order valence-corrected chi connectivity index (χ1v) is 3.46. The third-order valence-electron chi connectivity index (χ3n) is 0.810. The van der Waals surface area contributed by atoms with E-state index in [4.69, 9.17) is 5.11 Å². The first-order chi connectivity index (χ1) is 5.18. The maximum Gasteiger partial charge on any atom is 0.341 e. The molecule has 0 radical (unpaired) electrons. The zero-order chi connectivity index (χ0) is 8.85. The quantitative estimate of drug-likeness (QED) is 0.543. The minimum atomic E-state index is -0.678. The molecule has 1 N–H and O–H groups in total. The maximum atomic E-state index is 10.3. The smallest absolute Gasteiger partial charge is 0.341 e. The summed E-state index contributed by atoms with van der Waals surface area (Å²) in [5.41, 5.74) is 0. The average molecular weight is 160 g/mol. The Morgan fingerprint density at radius 3 is 2.36 bits per heavy atom. The summed E-state index contributed by atoms with van der Waals surface area (Å²) in [5.74, 6) is -0.968. The van der Waals surface area contributed by atoms with Crippen molar-refractivity contribution in [2.24, 2.45) is 0 Å². The second-order valence-electron chi connectivity index (χ2n) is 1.60. The molecule has 0 amide bonds. The van der Waals surface area contributed by atoms with Gasteiger partial charge in [0.25, 0.3) is 5.95 Å². The van der Waals surface area contributed by atoms with Crippen molar-refractivity contribution < 1.29 is 19.4 Å². The van der Waals surface area contributed by atoms with Crippen molar-refractivity contribution in [3.63, 3.8) is 0 Å². The Hall–Kier alpha value is -1.19. The molecule has 0 saturated heterocycles. The molecular weight excluding hydrogens is 148 g/mol. The average Bonchev–Trinajstić information content (AvgIpc) is 1.88. The van der Waals surface area contributed by atoms with Crippen molar-refractivity contribution in [2.45, 2.75) is 27.1 Å². The lowest BCUT2D eigenvalue weighted by Crippen LogP contribution is -2.21. The SMILES string of the molecule is CC.CC1OC(=O)C=C(O)O1. The van der Waals surface area contributed by atoms with Gasteiger partial charge in [-0.15, -0.1) is 0 Å². The number of esters is 1. The van der Waals surface area contributed by atoms with Gasteiger partial charge in [-0.25, -0.2) is 4.79 Å². The van der Waals surface area contributed by atoms with Crippen LogP contribution in [0, 0.1) is 0 Å². The van der Waals surface area contributed by atoms with Crippen molar-refractivity contribution in [3.8, 4) is 0 Å². The van der Waals surface area contributed by atoms with Crippen molar-refractivity contribution in [3.05, 3.63) is 12.0 Å². The summed E-state index contributed by atoms with van der Waals surface area (Å²) in [6, 6.07) is 0. The van der Waals surface area contributed by atoms with E-state index in [0.717, 1.165) is 6.08 Å². The molecule has 0 aromatic carbocycles. The lowest BCUT2D eigenvalue weighted by Gasteiger charge is -2.16. The van der Waals surface area contributed by atoms with E-state index in [-0.39, 0.29) is 0 Å². The molecule has 1 aliphatic heterocycles. The van der Waals surface area contributed by atoms with Crippen LogP contribution in [0.3, 0.4) is 0 Å². The largest absolute Gasteiger partial charge is 0.481 e. The fourth-order valence-electron chi connectivity index (χ4n) is 0.527. The summed E-state index contributed by atoms with van der Waals surface area (Å²) < 4.78 is 8.99. The first-order valence-electron chi connectivity index (χ1n) is 3.46. The van der Waals surface area contributed by atoms with E-state index >= 15 is 0 Å². The van der Waals surface area contributed by atoms with Gasteiger partial charge in [-0.3, -0.25) is 0 Å². The number of cyclic esters (lactones) is 1. The Labute approximate surface area is 65.4 Å². The molecule has 0 fully saturated rings. The number of carbonyl (C=O) groups excluding carboxylic acids is 1. The summed E-state index contributed by atoms with van der Waals surface area (Å²) in [6.07, 6.45) is 0.197. The van der Waals surface area contributed by atoms with Crippen LogP contribution in [0.15, 0.2) is 12.0 Å². The van der Waals surface area contributed by atoms with E-state index in [2.05, 4.69) is 9.47 Å². The van der Waals surface area contributed by atoms with Gasteiger partial charge in [-0.2, -0.15) is 0 Å². The van der Waals surface area contributed by atoms with Crippen LogP contribution in [-0.2, 0) is 14.3 Å². The van der Waals surface area contributed by atoms with Gasteiger partial charge in [0.1, 0.15) is 6.08 Å². The van der Waals surface area contributed by atoms with E-state index in [9.17, 15) is 4.79 Å². The summed E-state index contributed by atoms with van der Waals surface area (Å²) in [6.45, 7) is 5.52. The summed E-state index contributed by atoms with van der Waals surface area (Å²) in [7, 11) is 0. The van der Waals surface area contributed by atoms with E-state index in [0.29, 0.717) is 0 Å². The van der Waals surface area contributed by atoms with Crippen LogP contribution in [0.2, 0.25) is 0 Å². The molecule has 0 aromatic heterocycles. The van der Waals surface area contributed by atoms with Crippen LogP contribution in [0.5, 0.6) is 0 Å². The molecule has 0 spiro atoms. The lowest BCUT2D eigenvalue weighted by atomic mass is 10.5. The third kappa shape index (κ3) is 3.50. The normalized spacial score (nSPS) is 21.9.